The van der Waals surface area contributed by atoms with Crippen molar-refractivity contribution in [1.29, 1.82) is 0 Å². The summed E-state index contributed by atoms with van der Waals surface area (Å²) in [6.45, 7) is 1.54. The van der Waals surface area contributed by atoms with E-state index in [2.05, 4.69) is 20.6 Å². The molecule has 1 amide bonds. The van der Waals surface area contributed by atoms with Gasteiger partial charge in [0.05, 0.1) is 6.54 Å². The molecular formula is C14H17F3N4O. The van der Waals surface area contributed by atoms with E-state index in [1.54, 1.807) is 6.92 Å². The average Bonchev–Trinajstić information content (AvgIpc) is 3.05. The number of amides is 1. The molecule has 0 bridgehead atoms. The Bertz CT molecular complexity index is 611. The Balaban J connectivity index is 1.63. The maximum Gasteiger partial charge on any atom is 0.411 e. The highest BCUT2D eigenvalue weighted by Crippen LogP contribution is 2.48. The average molecular weight is 314 g/mol. The number of hydrogen-bond acceptors (Lipinski definition) is 4. The molecule has 1 saturated carbocycles. The van der Waals surface area contributed by atoms with Crippen molar-refractivity contribution in [3.05, 3.63) is 17.1 Å². The molecule has 0 aromatic carbocycles. The fourth-order valence-electron chi connectivity index (χ4n) is 2.78. The number of nitrogens with one attached hydrogen (secondary N) is 2. The minimum absolute atomic E-state index is 0.0513. The summed E-state index contributed by atoms with van der Waals surface area (Å²) in [4.78, 5) is 20.4. The summed E-state index contributed by atoms with van der Waals surface area (Å²) in [5.74, 6) is 0.488. The molecular weight excluding hydrogens is 297 g/mol. The van der Waals surface area contributed by atoms with Gasteiger partial charge in [-0.25, -0.2) is 9.97 Å². The molecule has 0 unspecified atom stereocenters. The fraction of sp³-hybridized carbons (Fsp3) is 0.643. The standard InChI is InChI=1S/C14H17F3N4O/c1-8-19-10-4-2-3-9(10)12(20-8)18-7-11(22)21-13(5-6-13)14(15,16)17/h2-7H2,1H3,(H,21,22)(H,18,19,20). The van der Waals surface area contributed by atoms with E-state index in [9.17, 15) is 18.0 Å². The molecule has 1 heterocycles. The second kappa shape index (κ2) is 5.10. The lowest BCUT2D eigenvalue weighted by Gasteiger charge is -2.21. The number of carbonyl (C=O) groups excluding carboxylic acids is 1. The zero-order chi connectivity index (χ0) is 16.0. The molecule has 22 heavy (non-hydrogen) atoms. The molecule has 0 atom stereocenters. The fourth-order valence-corrected chi connectivity index (χ4v) is 2.78. The third-order valence-corrected chi connectivity index (χ3v) is 4.13. The Morgan fingerprint density at radius 3 is 2.64 bits per heavy atom. The van der Waals surface area contributed by atoms with Gasteiger partial charge in [0, 0.05) is 11.3 Å². The van der Waals surface area contributed by atoms with Gasteiger partial charge >= 0.3 is 6.18 Å². The van der Waals surface area contributed by atoms with Gasteiger partial charge in [-0.3, -0.25) is 4.79 Å². The number of fused-ring (bicyclic) bond motifs is 1. The zero-order valence-corrected chi connectivity index (χ0v) is 12.2. The van der Waals surface area contributed by atoms with Crippen LogP contribution in [0.1, 0.15) is 36.3 Å². The van der Waals surface area contributed by atoms with Crippen molar-refractivity contribution >= 4 is 11.7 Å². The van der Waals surface area contributed by atoms with Crippen LogP contribution in [0.15, 0.2) is 0 Å². The Kier molecular flexibility index (Phi) is 3.49. The van der Waals surface area contributed by atoms with E-state index in [1.165, 1.54) is 0 Å². The topological polar surface area (TPSA) is 66.9 Å². The van der Waals surface area contributed by atoms with Gasteiger partial charge in [0.1, 0.15) is 17.2 Å². The van der Waals surface area contributed by atoms with Gasteiger partial charge in [-0.2, -0.15) is 13.2 Å². The van der Waals surface area contributed by atoms with Crippen molar-refractivity contribution in [3.8, 4) is 0 Å². The first-order chi connectivity index (χ1) is 10.3. The zero-order valence-electron chi connectivity index (χ0n) is 12.2. The van der Waals surface area contributed by atoms with E-state index in [0.717, 1.165) is 30.5 Å². The van der Waals surface area contributed by atoms with Crippen molar-refractivity contribution in [1.82, 2.24) is 15.3 Å². The van der Waals surface area contributed by atoms with Crippen molar-refractivity contribution in [2.24, 2.45) is 0 Å². The van der Waals surface area contributed by atoms with Crippen LogP contribution in [0.2, 0.25) is 0 Å². The van der Waals surface area contributed by atoms with E-state index in [4.69, 9.17) is 0 Å². The molecule has 2 aliphatic carbocycles. The largest absolute Gasteiger partial charge is 0.411 e. The summed E-state index contributed by atoms with van der Waals surface area (Å²) >= 11 is 0. The van der Waals surface area contributed by atoms with Crippen LogP contribution < -0.4 is 10.6 Å². The minimum atomic E-state index is -4.39. The summed E-state index contributed by atoms with van der Waals surface area (Å²) in [6.07, 6.45) is -1.82. The summed E-state index contributed by atoms with van der Waals surface area (Å²) in [5, 5.41) is 4.95. The second-order valence-electron chi connectivity index (χ2n) is 5.88. The lowest BCUT2D eigenvalue weighted by Crippen LogP contribution is -2.49. The van der Waals surface area contributed by atoms with Gasteiger partial charge in [-0.15, -0.1) is 0 Å². The van der Waals surface area contributed by atoms with Gasteiger partial charge in [0.25, 0.3) is 0 Å². The molecule has 8 heteroatoms. The Morgan fingerprint density at radius 2 is 2.00 bits per heavy atom. The van der Waals surface area contributed by atoms with Crippen LogP contribution >= 0.6 is 0 Å². The molecule has 0 radical (unpaired) electrons. The first-order valence-corrected chi connectivity index (χ1v) is 7.29. The first-order valence-electron chi connectivity index (χ1n) is 7.29. The number of alkyl halides is 3. The van der Waals surface area contributed by atoms with Crippen molar-refractivity contribution in [2.75, 3.05) is 11.9 Å². The smallest absolute Gasteiger partial charge is 0.361 e. The normalized spacial score (nSPS) is 18.7. The highest BCUT2D eigenvalue weighted by atomic mass is 19.4. The third-order valence-electron chi connectivity index (χ3n) is 4.13. The molecule has 3 rings (SSSR count). The molecule has 1 fully saturated rings. The minimum Gasteiger partial charge on any atom is -0.361 e. The monoisotopic (exact) mass is 314 g/mol. The van der Waals surface area contributed by atoms with E-state index >= 15 is 0 Å². The SMILES string of the molecule is Cc1nc2c(c(NCC(=O)NC3(C(F)(F)F)CC3)n1)CCC2. The van der Waals surface area contributed by atoms with Gasteiger partial charge in [-0.05, 0) is 39.0 Å². The molecule has 0 aliphatic heterocycles. The molecule has 1 aromatic heterocycles. The van der Waals surface area contributed by atoms with Crippen LogP contribution in [0.5, 0.6) is 0 Å². The van der Waals surface area contributed by atoms with E-state index in [1.807, 2.05) is 0 Å². The second-order valence-corrected chi connectivity index (χ2v) is 5.88. The van der Waals surface area contributed by atoms with Crippen LogP contribution in [0.4, 0.5) is 19.0 Å². The molecule has 1 aromatic rings. The quantitative estimate of drug-likeness (QED) is 0.891. The van der Waals surface area contributed by atoms with Crippen molar-refractivity contribution in [3.63, 3.8) is 0 Å². The number of aryl methyl sites for hydroxylation is 2. The lowest BCUT2D eigenvalue weighted by molar-refractivity contribution is -0.169. The summed E-state index contributed by atoms with van der Waals surface area (Å²) in [7, 11) is 0. The van der Waals surface area contributed by atoms with Crippen molar-refractivity contribution < 1.29 is 18.0 Å². The van der Waals surface area contributed by atoms with Gasteiger partial charge in [0.2, 0.25) is 5.91 Å². The lowest BCUT2D eigenvalue weighted by atomic mass is 10.2. The highest BCUT2D eigenvalue weighted by molar-refractivity contribution is 5.82. The highest BCUT2D eigenvalue weighted by Gasteiger charge is 2.64. The molecule has 0 saturated heterocycles. The molecule has 5 nitrogen and oxygen atoms in total. The Hall–Kier alpha value is -1.86. The number of rotatable bonds is 4. The summed E-state index contributed by atoms with van der Waals surface area (Å²) < 4.78 is 38.4. The van der Waals surface area contributed by atoms with Crippen LogP contribution in [0.3, 0.4) is 0 Å². The number of carbonyl (C=O) groups is 1. The number of halogens is 3. The third kappa shape index (κ3) is 2.74. The van der Waals surface area contributed by atoms with Crippen LogP contribution in [0, 0.1) is 6.92 Å². The maximum absolute atomic E-state index is 12.8. The number of hydrogen-bond donors (Lipinski definition) is 2. The summed E-state index contributed by atoms with van der Waals surface area (Å²) in [5.41, 5.74) is -0.0883. The van der Waals surface area contributed by atoms with E-state index in [-0.39, 0.29) is 19.4 Å². The van der Waals surface area contributed by atoms with Crippen LogP contribution in [0.25, 0.3) is 0 Å². The number of anilines is 1. The molecule has 0 spiro atoms. The van der Waals surface area contributed by atoms with E-state index < -0.39 is 17.6 Å². The Morgan fingerprint density at radius 1 is 1.27 bits per heavy atom. The first kappa shape index (κ1) is 15.1. The molecule has 2 aliphatic rings. The van der Waals surface area contributed by atoms with Gasteiger partial charge < -0.3 is 10.6 Å². The number of aromatic nitrogens is 2. The number of nitrogens with zero attached hydrogens (tertiary/aromatic N) is 2. The maximum atomic E-state index is 12.8. The Labute approximate surface area is 125 Å². The predicted molar refractivity (Wildman–Crippen MR) is 73.4 cm³/mol. The van der Waals surface area contributed by atoms with Gasteiger partial charge in [-0.1, -0.05) is 0 Å². The molecule has 2 N–H and O–H groups in total. The van der Waals surface area contributed by atoms with Crippen molar-refractivity contribution in [2.45, 2.75) is 50.7 Å². The molecule has 120 valence electrons. The summed E-state index contributed by atoms with van der Waals surface area (Å²) in [6, 6.07) is 0. The predicted octanol–water partition coefficient (Wildman–Crippen LogP) is 1.90. The van der Waals surface area contributed by atoms with Gasteiger partial charge in [0.15, 0.2) is 0 Å². The van der Waals surface area contributed by atoms with E-state index in [0.29, 0.717) is 11.6 Å². The van der Waals surface area contributed by atoms with Crippen LogP contribution in [-0.4, -0.2) is 34.1 Å². The van der Waals surface area contributed by atoms with Crippen LogP contribution in [-0.2, 0) is 17.6 Å².